The summed E-state index contributed by atoms with van der Waals surface area (Å²) in [6, 6.07) is 17.2. The summed E-state index contributed by atoms with van der Waals surface area (Å²) >= 11 is 1.60. The largest absolute Gasteiger partial charge is 0.388 e. The molecular formula is C26H23N5O3S. The van der Waals surface area contributed by atoms with Gasteiger partial charge in [0.15, 0.2) is 0 Å². The Labute approximate surface area is 204 Å². The van der Waals surface area contributed by atoms with Gasteiger partial charge in [0.2, 0.25) is 0 Å². The van der Waals surface area contributed by atoms with Gasteiger partial charge in [0.25, 0.3) is 11.5 Å². The van der Waals surface area contributed by atoms with Gasteiger partial charge >= 0.3 is 0 Å². The van der Waals surface area contributed by atoms with Gasteiger partial charge in [-0.2, -0.15) is 5.10 Å². The molecule has 0 spiro atoms. The molecule has 0 bridgehead atoms. The summed E-state index contributed by atoms with van der Waals surface area (Å²) in [4.78, 5) is 32.1. The van der Waals surface area contributed by atoms with Crippen molar-refractivity contribution in [1.29, 1.82) is 0 Å². The summed E-state index contributed by atoms with van der Waals surface area (Å²) in [5.41, 5.74) is 4.59. The highest BCUT2D eigenvalue weighted by Gasteiger charge is 2.35. The van der Waals surface area contributed by atoms with Gasteiger partial charge in [-0.3, -0.25) is 14.2 Å². The Hall–Kier alpha value is -3.82. The first-order valence-electron chi connectivity index (χ1n) is 11.5. The molecule has 9 heteroatoms. The summed E-state index contributed by atoms with van der Waals surface area (Å²) in [6.45, 7) is 0.983. The van der Waals surface area contributed by atoms with Crippen LogP contribution in [0.1, 0.15) is 23.2 Å². The van der Waals surface area contributed by atoms with Crippen LogP contribution in [0.3, 0.4) is 0 Å². The third-order valence-electron chi connectivity index (χ3n) is 6.74. The Morgan fingerprint density at radius 1 is 1.06 bits per heavy atom. The molecule has 4 heterocycles. The molecule has 1 saturated heterocycles. The van der Waals surface area contributed by atoms with E-state index in [0.29, 0.717) is 37.0 Å². The molecule has 0 saturated carbocycles. The molecule has 0 radical (unpaired) electrons. The van der Waals surface area contributed by atoms with Gasteiger partial charge in [-0.05, 0) is 60.4 Å². The van der Waals surface area contributed by atoms with Crippen molar-refractivity contribution in [2.75, 3.05) is 13.1 Å². The minimum atomic E-state index is -1.07. The number of hydrogen-bond donors (Lipinski definition) is 1. The minimum absolute atomic E-state index is 0.0583. The van der Waals surface area contributed by atoms with E-state index in [1.807, 2.05) is 41.9 Å². The number of benzene rings is 2. The number of rotatable bonds is 4. The second-order valence-corrected chi connectivity index (χ2v) is 9.92. The second-order valence-electron chi connectivity index (χ2n) is 9.03. The van der Waals surface area contributed by atoms with E-state index in [4.69, 9.17) is 0 Å². The highest BCUT2D eigenvalue weighted by Crippen LogP contribution is 2.28. The van der Waals surface area contributed by atoms with E-state index in [1.165, 1.54) is 15.4 Å². The van der Waals surface area contributed by atoms with Crippen LogP contribution in [0.2, 0.25) is 0 Å². The number of carbonyl (C=O) groups is 1. The van der Waals surface area contributed by atoms with E-state index in [2.05, 4.69) is 16.1 Å². The molecular weight excluding hydrogens is 462 g/mol. The van der Waals surface area contributed by atoms with E-state index < -0.39 is 5.60 Å². The van der Waals surface area contributed by atoms with E-state index in [0.717, 1.165) is 21.3 Å². The van der Waals surface area contributed by atoms with Crippen LogP contribution in [0.5, 0.6) is 0 Å². The zero-order valence-corrected chi connectivity index (χ0v) is 19.7. The Morgan fingerprint density at radius 3 is 2.74 bits per heavy atom. The fraction of sp³-hybridized carbons (Fsp3) is 0.231. The number of thiazole rings is 1. The molecule has 1 fully saturated rings. The van der Waals surface area contributed by atoms with Crippen molar-refractivity contribution in [3.05, 3.63) is 88.5 Å². The average Bonchev–Trinajstić information content (AvgIpc) is 3.55. The molecule has 1 aliphatic heterocycles. The van der Waals surface area contributed by atoms with Gasteiger partial charge in [0, 0.05) is 24.8 Å². The molecule has 5 aromatic rings. The Kier molecular flexibility index (Phi) is 5.23. The molecule has 6 rings (SSSR count). The summed E-state index contributed by atoms with van der Waals surface area (Å²) < 4.78 is 4.11. The predicted octanol–water partition coefficient (Wildman–Crippen LogP) is 3.44. The van der Waals surface area contributed by atoms with Crippen LogP contribution in [-0.4, -0.2) is 53.8 Å². The topological polar surface area (TPSA) is 92.7 Å². The molecule has 0 atom stereocenters. The molecule has 3 aromatic heterocycles. The summed E-state index contributed by atoms with van der Waals surface area (Å²) in [5.74, 6) is -0.0583. The van der Waals surface area contributed by atoms with Crippen molar-refractivity contribution >= 4 is 33.0 Å². The van der Waals surface area contributed by atoms with Crippen molar-refractivity contribution in [2.24, 2.45) is 0 Å². The van der Waals surface area contributed by atoms with Gasteiger partial charge in [-0.1, -0.05) is 18.2 Å². The van der Waals surface area contributed by atoms with Crippen LogP contribution in [0.25, 0.3) is 26.9 Å². The Morgan fingerprint density at radius 2 is 1.89 bits per heavy atom. The minimum Gasteiger partial charge on any atom is -0.388 e. The van der Waals surface area contributed by atoms with Gasteiger partial charge < -0.3 is 10.0 Å². The molecule has 2 aromatic carbocycles. The standard InChI is InChI=1S/C26H23N5O3S/c32-24(20-4-1-3-18(13-20)19-6-7-23-21(14-19)27-17-35-23)29-11-8-26(34,9-12-29)15-30-16-28-31-10-2-5-22(31)25(30)33/h1-7,10,13-14,16-17,34H,8-9,11-12,15H2. The van der Waals surface area contributed by atoms with Gasteiger partial charge in [-0.25, -0.2) is 9.50 Å². The highest BCUT2D eigenvalue weighted by atomic mass is 32.1. The Balaban J connectivity index is 1.16. The van der Waals surface area contributed by atoms with Gasteiger partial charge in [0.05, 0.1) is 27.9 Å². The summed E-state index contributed by atoms with van der Waals surface area (Å²) in [6.07, 6.45) is 3.95. The summed E-state index contributed by atoms with van der Waals surface area (Å²) in [7, 11) is 0. The molecule has 0 aliphatic carbocycles. The highest BCUT2D eigenvalue weighted by molar-refractivity contribution is 7.16. The van der Waals surface area contributed by atoms with E-state index in [1.54, 1.807) is 34.6 Å². The lowest BCUT2D eigenvalue weighted by Crippen LogP contribution is -2.49. The number of aromatic nitrogens is 4. The monoisotopic (exact) mass is 485 g/mol. The molecule has 1 N–H and O–H groups in total. The third kappa shape index (κ3) is 4.02. The maximum Gasteiger partial charge on any atom is 0.277 e. The zero-order chi connectivity index (χ0) is 24.0. The van der Waals surface area contributed by atoms with Crippen molar-refractivity contribution in [3.63, 3.8) is 0 Å². The first-order chi connectivity index (χ1) is 17.0. The number of amides is 1. The first kappa shape index (κ1) is 21.7. The fourth-order valence-corrected chi connectivity index (χ4v) is 5.38. The Bertz CT molecular complexity index is 1610. The molecule has 0 unspecified atom stereocenters. The lowest BCUT2D eigenvalue weighted by atomic mass is 9.90. The molecule has 35 heavy (non-hydrogen) atoms. The number of aliphatic hydroxyl groups is 1. The normalized spacial score (nSPS) is 15.6. The quantitative estimate of drug-likeness (QED) is 0.421. The molecule has 1 aliphatic rings. The zero-order valence-electron chi connectivity index (χ0n) is 18.9. The number of piperidine rings is 1. The number of fused-ring (bicyclic) bond motifs is 2. The van der Waals surface area contributed by atoms with Gasteiger partial charge in [-0.15, -0.1) is 11.3 Å². The van der Waals surface area contributed by atoms with Crippen LogP contribution in [0, 0.1) is 0 Å². The van der Waals surface area contributed by atoms with Crippen molar-refractivity contribution in [1.82, 2.24) is 24.1 Å². The smallest absolute Gasteiger partial charge is 0.277 e. The summed E-state index contributed by atoms with van der Waals surface area (Å²) in [5, 5.41) is 15.4. The number of nitrogens with zero attached hydrogens (tertiary/aromatic N) is 5. The maximum absolute atomic E-state index is 13.3. The lowest BCUT2D eigenvalue weighted by Gasteiger charge is -2.38. The number of hydrogen-bond acceptors (Lipinski definition) is 6. The van der Waals surface area contributed by atoms with Crippen LogP contribution >= 0.6 is 11.3 Å². The van der Waals surface area contributed by atoms with E-state index in [9.17, 15) is 14.7 Å². The predicted molar refractivity (Wildman–Crippen MR) is 135 cm³/mol. The van der Waals surface area contributed by atoms with Crippen molar-refractivity contribution in [2.45, 2.75) is 25.0 Å². The van der Waals surface area contributed by atoms with Crippen LogP contribution in [-0.2, 0) is 6.54 Å². The van der Waals surface area contributed by atoms with Crippen LogP contribution in [0.15, 0.2) is 77.4 Å². The molecule has 8 nitrogen and oxygen atoms in total. The van der Waals surface area contributed by atoms with Crippen molar-refractivity contribution < 1.29 is 9.90 Å². The van der Waals surface area contributed by atoms with Gasteiger partial charge in [0.1, 0.15) is 11.8 Å². The SMILES string of the molecule is O=C(c1cccc(-c2ccc3scnc3c2)c1)N1CCC(O)(Cn2cnn3cccc3c2=O)CC1. The first-order valence-corrected chi connectivity index (χ1v) is 12.4. The van der Waals surface area contributed by atoms with Crippen molar-refractivity contribution in [3.8, 4) is 11.1 Å². The average molecular weight is 486 g/mol. The molecule has 176 valence electrons. The maximum atomic E-state index is 13.3. The number of likely N-dealkylation sites (tertiary alicyclic amines) is 1. The van der Waals surface area contributed by atoms with E-state index >= 15 is 0 Å². The van der Waals surface area contributed by atoms with Crippen LogP contribution < -0.4 is 5.56 Å². The lowest BCUT2D eigenvalue weighted by molar-refractivity contribution is -0.0300. The number of carbonyl (C=O) groups excluding carboxylic acids is 1. The van der Waals surface area contributed by atoms with E-state index in [-0.39, 0.29) is 18.0 Å². The third-order valence-corrected chi connectivity index (χ3v) is 7.55. The second kappa shape index (κ2) is 8.44. The molecule has 1 amide bonds. The fourth-order valence-electron chi connectivity index (χ4n) is 4.73. The van der Waals surface area contributed by atoms with Crippen LogP contribution in [0.4, 0.5) is 0 Å².